The van der Waals surface area contributed by atoms with Gasteiger partial charge in [-0.15, -0.1) is 11.3 Å². The number of rotatable bonds is 3. The summed E-state index contributed by atoms with van der Waals surface area (Å²) in [6.45, 7) is 1.60. The molecule has 0 bridgehead atoms. The molecule has 19 heavy (non-hydrogen) atoms. The second-order valence-electron chi connectivity index (χ2n) is 3.89. The fraction of sp³-hybridized carbons (Fsp3) is 0.167. The number of benzene rings is 1. The minimum absolute atomic E-state index is 0.169. The van der Waals surface area contributed by atoms with Crippen molar-refractivity contribution in [2.24, 2.45) is 0 Å². The molecule has 0 aliphatic heterocycles. The summed E-state index contributed by atoms with van der Waals surface area (Å²) >= 11 is 6.99. The van der Waals surface area contributed by atoms with Crippen molar-refractivity contribution < 1.29 is 17.6 Å². The molecule has 0 fully saturated rings. The van der Waals surface area contributed by atoms with Gasteiger partial charge in [0.2, 0.25) is 0 Å². The van der Waals surface area contributed by atoms with Gasteiger partial charge in [0.15, 0.2) is 23.3 Å². The van der Waals surface area contributed by atoms with Crippen LogP contribution in [-0.2, 0) is 0 Å². The molecule has 1 unspecified atom stereocenters. The van der Waals surface area contributed by atoms with E-state index in [1.165, 1.54) is 11.3 Å². The number of halogens is 5. The second kappa shape index (κ2) is 5.38. The predicted molar refractivity (Wildman–Crippen MR) is 67.6 cm³/mol. The molecule has 2 rings (SSSR count). The first kappa shape index (κ1) is 14.1. The van der Waals surface area contributed by atoms with Crippen LogP contribution in [0.2, 0.25) is 4.34 Å². The van der Waals surface area contributed by atoms with Crippen LogP contribution in [0.25, 0.3) is 0 Å². The highest BCUT2D eigenvalue weighted by atomic mass is 35.5. The normalized spacial score (nSPS) is 12.5. The maximum Gasteiger partial charge on any atom is 0.185 e. The van der Waals surface area contributed by atoms with E-state index in [-0.39, 0.29) is 6.07 Å². The number of nitrogens with one attached hydrogen (secondary N) is 1. The quantitative estimate of drug-likeness (QED) is 0.612. The molecule has 1 nitrogen and oxygen atoms in total. The van der Waals surface area contributed by atoms with Crippen molar-refractivity contribution in [1.82, 2.24) is 0 Å². The Bertz CT molecular complexity index is 588. The van der Waals surface area contributed by atoms with Crippen molar-refractivity contribution in [3.8, 4) is 0 Å². The Morgan fingerprint density at radius 1 is 1.11 bits per heavy atom. The third-order valence-corrected chi connectivity index (χ3v) is 3.67. The number of hydrogen-bond acceptors (Lipinski definition) is 2. The zero-order valence-electron chi connectivity index (χ0n) is 9.61. The Morgan fingerprint density at radius 2 is 1.68 bits per heavy atom. The van der Waals surface area contributed by atoms with E-state index < -0.39 is 35.0 Å². The van der Waals surface area contributed by atoms with Crippen molar-refractivity contribution in [3.05, 3.63) is 50.7 Å². The molecule has 1 aromatic heterocycles. The molecule has 7 heteroatoms. The molecule has 0 aliphatic rings. The van der Waals surface area contributed by atoms with E-state index in [9.17, 15) is 17.6 Å². The fourth-order valence-electron chi connectivity index (χ4n) is 1.55. The lowest BCUT2D eigenvalue weighted by atomic mass is 10.1. The van der Waals surface area contributed by atoms with Crippen molar-refractivity contribution in [3.63, 3.8) is 0 Å². The highest BCUT2D eigenvalue weighted by molar-refractivity contribution is 7.14. The summed E-state index contributed by atoms with van der Waals surface area (Å²) in [6, 6.07) is 1.23. The molecule has 0 spiro atoms. The lowest BCUT2D eigenvalue weighted by Gasteiger charge is -2.16. The minimum Gasteiger partial charge on any atom is -0.374 e. The zero-order valence-corrected chi connectivity index (χ0v) is 11.2. The van der Waals surface area contributed by atoms with Gasteiger partial charge in [-0.1, -0.05) is 11.6 Å². The average molecular weight is 310 g/mol. The van der Waals surface area contributed by atoms with Gasteiger partial charge in [0.25, 0.3) is 0 Å². The molecule has 0 saturated carbocycles. The maximum atomic E-state index is 13.5. The summed E-state index contributed by atoms with van der Waals surface area (Å²) in [6.07, 6.45) is 0. The lowest BCUT2D eigenvalue weighted by molar-refractivity contribution is 0.457. The van der Waals surface area contributed by atoms with E-state index in [0.717, 1.165) is 0 Å². The fourth-order valence-corrected chi connectivity index (χ4v) is 2.53. The Morgan fingerprint density at radius 3 is 2.16 bits per heavy atom. The van der Waals surface area contributed by atoms with Crippen LogP contribution in [0.5, 0.6) is 0 Å². The van der Waals surface area contributed by atoms with Crippen LogP contribution >= 0.6 is 22.9 Å². The summed E-state index contributed by atoms with van der Waals surface area (Å²) in [7, 11) is 0. The van der Waals surface area contributed by atoms with E-state index in [4.69, 9.17) is 11.6 Å². The Balaban J connectivity index is 2.33. The number of anilines is 1. The van der Waals surface area contributed by atoms with Gasteiger partial charge in [0.05, 0.1) is 4.34 Å². The molecule has 1 aromatic carbocycles. The summed E-state index contributed by atoms with van der Waals surface area (Å²) in [4.78, 5) is 0. The first-order valence-electron chi connectivity index (χ1n) is 5.23. The van der Waals surface area contributed by atoms with Crippen LogP contribution in [0.4, 0.5) is 23.2 Å². The van der Waals surface area contributed by atoms with Crippen LogP contribution in [0.15, 0.2) is 17.5 Å². The van der Waals surface area contributed by atoms with Gasteiger partial charge in [0.1, 0.15) is 5.69 Å². The maximum absolute atomic E-state index is 13.5. The summed E-state index contributed by atoms with van der Waals surface area (Å²) < 4.78 is 53.5. The molecule has 1 heterocycles. The van der Waals surface area contributed by atoms with Gasteiger partial charge in [-0.05, 0) is 23.9 Å². The van der Waals surface area contributed by atoms with E-state index >= 15 is 0 Å². The SMILES string of the molecule is CC(Nc1c(F)c(F)cc(F)c1F)c1csc(Cl)c1. The average Bonchev–Trinajstić information content (AvgIpc) is 2.79. The zero-order chi connectivity index (χ0) is 14.2. The van der Waals surface area contributed by atoms with Gasteiger partial charge in [-0.2, -0.15) is 0 Å². The molecule has 102 valence electrons. The molecule has 2 aromatic rings. The highest BCUT2D eigenvalue weighted by Crippen LogP contribution is 2.30. The molecule has 1 N–H and O–H groups in total. The molecule has 0 saturated heterocycles. The monoisotopic (exact) mass is 309 g/mol. The van der Waals surface area contributed by atoms with E-state index in [0.29, 0.717) is 9.90 Å². The largest absolute Gasteiger partial charge is 0.374 e. The highest BCUT2D eigenvalue weighted by Gasteiger charge is 2.21. The number of thiophene rings is 1. The van der Waals surface area contributed by atoms with Crippen molar-refractivity contribution in [2.45, 2.75) is 13.0 Å². The standard InChI is InChI=1S/C12H8ClF4NS/c1-5(6-2-9(13)19-4-6)18-12-10(16)7(14)3-8(15)11(12)17/h2-5,18H,1H3. The van der Waals surface area contributed by atoms with Crippen LogP contribution in [-0.4, -0.2) is 0 Å². The Hall–Kier alpha value is -1.27. The molecule has 0 aliphatic carbocycles. The van der Waals surface area contributed by atoms with Crippen molar-refractivity contribution in [1.29, 1.82) is 0 Å². The molecule has 1 atom stereocenters. The van der Waals surface area contributed by atoms with Crippen LogP contribution in [0, 0.1) is 23.3 Å². The second-order valence-corrected chi connectivity index (χ2v) is 5.44. The van der Waals surface area contributed by atoms with E-state index in [1.54, 1.807) is 18.4 Å². The lowest BCUT2D eigenvalue weighted by Crippen LogP contribution is -2.11. The molecule has 0 amide bonds. The third-order valence-electron chi connectivity index (χ3n) is 2.56. The van der Waals surface area contributed by atoms with Gasteiger partial charge in [-0.3, -0.25) is 0 Å². The molecular formula is C12H8ClF4NS. The van der Waals surface area contributed by atoms with Crippen LogP contribution < -0.4 is 5.32 Å². The summed E-state index contributed by atoms with van der Waals surface area (Å²) in [5.41, 5.74) is -0.161. The minimum atomic E-state index is -1.45. The van der Waals surface area contributed by atoms with Gasteiger partial charge in [-0.25, -0.2) is 17.6 Å². The first-order valence-corrected chi connectivity index (χ1v) is 6.49. The van der Waals surface area contributed by atoms with Crippen molar-refractivity contribution in [2.75, 3.05) is 5.32 Å². The van der Waals surface area contributed by atoms with E-state index in [2.05, 4.69) is 5.32 Å². The summed E-state index contributed by atoms with van der Waals surface area (Å²) in [5, 5.41) is 4.09. The third kappa shape index (κ3) is 2.84. The molecular weight excluding hydrogens is 302 g/mol. The van der Waals surface area contributed by atoms with E-state index in [1.807, 2.05) is 0 Å². The van der Waals surface area contributed by atoms with Crippen molar-refractivity contribution >= 4 is 28.6 Å². The van der Waals surface area contributed by atoms with Gasteiger partial charge in [0, 0.05) is 12.1 Å². The Labute approximate surface area is 115 Å². The Kier molecular flexibility index (Phi) is 4.01. The van der Waals surface area contributed by atoms with Gasteiger partial charge >= 0.3 is 0 Å². The van der Waals surface area contributed by atoms with Gasteiger partial charge < -0.3 is 5.32 Å². The smallest absolute Gasteiger partial charge is 0.185 e. The summed E-state index contributed by atoms with van der Waals surface area (Å²) in [5.74, 6) is -5.80. The van der Waals surface area contributed by atoms with Crippen LogP contribution in [0.3, 0.4) is 0 Å². The van der Waals surface area contributed by atoms with Crippen LogP contribution in [0.1, 0.15) is 18.5 Å². The topological polar surface area (TPSA) is 12.0 Å². The predicted octanol–water partition coefficient (Wildman–Crippen LogP) is 5.13. The molecule has 0 radical (unpaired) electrons. The number of hydrogen-bond donors (Lipinski definition) is 1. The first-order chi connectivity index (χ1) is 8.90.